The van der Waals surface area contributed by atoms with E-state index < -0.39 is 0 Å². The SMILES string of the molecule is Cc1cccc(-c2nc3s/c(=C\c4cccc5ccccc45)c(=O)n3n2)c1. The maximum absolute atomic E-state index is 12.8. The second-order valence-electron chi connectivity index (χ2n) is 6.48. The van der Waals surface area contributed by atoms with Crippen molar-refractivity contribution in [2.45, 2.75) is 6.92 Å². The van der Waals surface area contributed by atoms with Gasteiger partial charge in [0, 0.05) is 5.56 Å². The van der Waals surface area contributed by atoms with Crippen LogP contribution < -0.4 is 10.1 Å². The number of rotatable bonds is 2. The van der Waals surface area contributed by atoms with E-state index in [1.165, 1.54) is 15.9 Å². The fourth-order valence-corrected chi connectivity index (χ4v) is 4.16. The maximum atomic E-state index is 12.8. The summed E-state index contributed by atoms with van der Waals surface area (Å²) < 4.78 is 2.04. The smallest absolute Gasteiger partial charge is 0.266 e. The summed E-state index contributed by atoms with van der Waals surface area (Å²) in [5, 5.41) is 6.71. The predicted molar refractivity (Wildman–Crippen MR) is 110 cm³/mol. The van der Waals surface area contributed by atoms with Crippen molar-refractivity contribution < 1.29 is 0 Å². The fraction of sp³-hybridized carbons (Fsp3) is 0.0455. The lowest BCUT2D eigenvalue weighted by molar-refractivity contribution is 0.936. The van der Waals surface area contributed by atoms with Crippen molar-refractivity contribution in [1.82, 2.24) is 14.6 Å². The van der Waals surface area contributed by atoms with E-state index in [1.54, 1.807) is 0 Å². The molecule has 3 aromatic carbocycles. The number of thiazole rings is 1. The summed E-state index contributed by atoms with van der Waals surface area (Å²) in [6.45, 7) is 2.03. The summed E-state index contributed by atoms with van der Waals surface area (Å²) in [7, 11) is 0. The first-order chi connectivity index (χ1) is 13.2. The molecule has 0 aliphatic rings. The van der Waals surface area contributed by atoms with Crippen molar-refractivity contribution in [3.8, 4) is 11.4 Å². The Labute approximate surface area is 159 Å². The van der Waals surface area contributed by atoms with Crippen LogP contribution in [0, 0.1) is 6.92 Å². The Kier molecular flexibility index (Phi) is 3.62. The molecule has 0 aliphatic carbocycles. The average molecular weight is 369 g/mol. The van der Waals surface area contributed by atoms with Crippen molar-refractivity contribution in [3.63, 3.8) is 0 Å². The van der Waals surface area contributed by atoms with Crippen LogP contribution in [-0.4, -0.2) is 14.6 Å². The molecule has 0 spiro atoms. The summed E-state index contributed by atoms with van der Waals surface area (Å²) in [6, 6.07) is 22.2. The number of nitrogens with zero attached hydrogens (tertiary/aromatic N) is 3. The van der Waals surface area contributed by atoms with Gasteiger partial charge < -0.3 is 0 Å². The van der Waals surface area contributed by atoms with Crippen molar-refractivity contribution in [1.29, 1.82) is 0 Å². The number of benzene rings is 3. The van der Waals surface area contributed by atoms with Crippen LogP contribution in [0.3, 0.4) is 0 Å². The lowest BCUT2D eigenvalue weighted by Crippen LogP contribution is -2.23. The maximum Gasteiger partial charge on any atom is 0.291 e. The summed E-state index contributed by atoms with van der Waals surface area (Å²) in [6.07, 6.45) is 1.93. The topological polar surface area (TPSA) is 47.3 Å². The molecule has 5 rings (SSSR count). The van der Waals surface area contributed by atoms with E-state index in [1.807, 2.05) is 61.5 Å². The zero-order valence-electron chi connectivity index (χ0n) is 14.6. The average Bonchev–Trinajstić information content (AvgIpc) is 3.22. The van der Waals surface area contributed by atoms with Gasteiger partial charge in [0.15, 0.2) is 5.82 Å². The quantitative estimate of drug-likeness (QED) is 0.475. The second-order valence-corrected chi connectivity index (χ2v) is 7.49. The summed E-state index contributed by atoms with van der Waals surface area (Å²) in [5.41, 5.74) is 2.95. The van der Waals surface area contributed by atoms with Gasteiger partial charge in [-0.3, -0.25) is 4.79 Å². The molecule has 0 N–H and O–H groups in total. The van der Waals surface area contributed by atoms with Gasteiger partial charge in [0.2, 0.25) is 4.96 Å². The van der Waals surface area contributed by atoms with Gasteiger partial charge in [-0.2, -0.15) is 9.50 Å². The van der Waals surface area contributed by atoms with Gasteiger partial charge in [-0.05, 0) is 35.4 Å². The fourth-order valence-electron chi connectivity index (χ4n) is 3.26. The molecule has 4 nitrogen and oxygen atoms in total. The summed E-state index contributed by atoms with van der Waals surface area (Å²) in [5.74, 6) is 0.582. The minimum Gasteiger partial charge on any atom is -0.266 e. The molecule has 0 saturated heterocycles. The highest BCUT2D eigenvalue weighted by Gasteiger charge is 2.12. The molecule has 0 bridgehead atoms. The van der Waals surface area contributed by atoms with Crippen LogP contribution >= 0.6 is 11.3 Å². The molecular formula is C22H15N3OS. The van der Waals surface area contributed by atoms with Gasteiger partial charge in [0.25, 0.3) is 5.56 Å². The Balaban J connectivity index is 1.67. The minimum absolute atomic E-state index is 0.130. The van der Waals surface area contributed by atoms with Crippen molar-refractivity contribution in [2.24, 2.45) is 0 Å². The van der Waals surface area contributed by atoms with Crippen molar-refractivity contribution in [2.75, 3.05) is 0 Å². The number of aromatic nitrogens is 3. The number of aryl methyl sites for hydroxylation is 1. The summed E-state index contributed by atoms with van der Waals surface area (Å²) >= 11 is 1.37. The highest BCUT2D eigenvalue weighted by Crippen LogP contribution is 2.20. The van der Waals surface area contributed by atoms with E-state index in [0.29, 0.717) is 15.3 Å². The molecule has 0 atom stereocenters. The second kappa shape index (κ2) is 6.14. The molecule has 0 radical (unpaired) electrons. The van der Waals surface area contributed by atoms with E-state index in [0.717, 1.165) is 27.5 Å². The lowest BCUT2D eigenvalue weighted by atomic mass is 10.0. The molecule has 5 heteroatoms. The monoisotopic (exact) mass is 369 g/mol. The van der Waals surface area contributed by atoms with E-state index in [-0.39, 0.29) is 5.56 Å². The molecule has 130 valence electrons. The Morgan fingerprint density at radius 1 is 1.00 bits per heavy atom. The molecule has 27 heavy (non-hydrogen) atoms. The molecule has 2 heterocycles. The molecule has 0 saturated carbocycles. The van der Waals surface area contributed by atoms with Gasteiger partial charge in [-0.1, -0.05) is 77.6 Å². The zero-order valence-corrected chi connectivity index (χ0v) is 15.4. The molecule has 0 fully saturated rings. The van der Waals surface area contributed by atoms with Gasteiger partial charge in [-0.25, -0.2) is 0 Å². The largest absolute Gasteiger partial charge is 0.291 e. The van der Waals surface area contributed by atoms with Crippen LogP contribution in [0.1, 0.15) is 11.1 Å². The number of fused-ring (bicyclic) bond motifs is 2. The normalized spacial score (nSPS) is 12.3. The van der Waals surface area contributed by atoms with Crippen LogP contribution in [0.4, 0.5) is 0 Å². The van der Waals surface area contributed by atoms with E-state index in [9.17, 15) is 4.79 Å². The van der Waals surface area contributed by atoms with Gasteiger partial charge in [0.1, 0.15) is 0 Å². The zero-order chi connectivity index (χ0) is 18.4. The minimum atomic E-state index is -0.130. The predicted octanol–water partition coefficient (Wildman–Crippen LogP) is 3.83. The van der Waals surface area contributed by atoms with E-state index in [2.05, 4.69) is 28.3 Å². The number of hydrogen-bond donors (Lipinski definition) is 0. The molecule has 0 unspecified atom stereocenters. The van der Waals surface area contributed by atoms with Gasteiger partial charge in [0.05, 0.1) is 4.53 Å². The number of hydrogen-bond acceptors (Lipinski definition) is 4. The Bertz CT molecular complexity index is 1410. The Morgan fingerprint density at radius 2 is 1.81 bits per heavy atom. The van der Waals surface area contributed by atoms with Crippen LogP contribution in [0.2, 0.25) is 0 Å². The third-order valence-electron chi connectivity index (χ3n) is 4.57. The molecule has 0 aliphatic heterocycles. The Morgan fingerprint density at radius 3 is 2.67 bits per heavy atom. The van der Waals surface area contributed by atoms with Crippen LogP contribution in [-0.2, 0) is 0 Å². The molecular weight excluding hydrogens is 354 g/mol. The van der Waals surface area contributed by atoms with E-state index in [4.69, 9.17) is 0 Å². The molecule has 5 aromatic rings. The van der Waals surface area contributed by atoms with Crippen molar-refractivity contribution >= 4 is 33.1 Å². The van der Waals surface area contributed by atoms with Crippen molar-refractivity contribution in [3.05, 3.63) is 92.7 Å². The van der Waals surface area contributed by atoms with Crippen LogP contribution in [0.25, 0.3) is 33.2 Å². The highest BCUT2D eigenvalue weighted by atomic mass is 32.1. The first-order valence-electron chi connectivity index (χ1n) is 8.65. The lowest BCUT2D eigenvalue weighted by Gasteiger charge is -2.00. The third-order valence-corrected chi connectivity index (χ3v) is 5.53. The van der Waals surface area contributed by atoms with Crippen LogP contribution in [0.5, 0.6) is 0 Å². The highest BCUT2D eigenvalue weighted by molar-refractivity contribution is 7.15. The molecule has 2 aromatic heterocycles. The molecule has 0 amide bonds. The first kappa shape index (κ1) is 15.9. The van der Waals surface area contributed by atoms with Gasteiger partial charge >= 0.3 is 0 Å². The third kappa shape index (κ3) is 2.73. The Hall–Kier alpha value is -3.31. The first-order valence-corrected chi connectivity index (χ1v) is 9.47. The standard InChI is InChI=1S/C22H15N3OS/c1-14-6-4-10-17(12-14)20-23-22-25(24-20)21(26)19(27-22)13-16-9-5-8-15-7-2-3-11-18(15)16/h2-13H,1H3/b19-13-. The van der Waals surface area contributed by atoms with Crippen LogP contribution in [0.15, 0.2) is 71.5 Å². The summed E-state index contributed by atoms with van der Waals surface area (Å²) in [4.78, 5) is 18.0. The van der Waals surface area contributed by atoms with E-state index >= 15 is 0 Å². The van der Waals surface area contributed by atoms with Gasteiger partial charge in [-0.15, -0.1) is 5.10 Å².